The van der Waals surface area contributed by atoms with Gasteiger partial charge in [-0.1, -0.05) is 30.3 Å². The molecule has 0 aliphatic carbocycles. The highest BCUT2D eigenvalue weighted by Gasteiger charge is 2.26. The summed E-state index contributed by atoms with van der Waals surface area (Å²) in [6, 6.07) is 9.43. The Morgan fingerprint density at radius 3 is 2.76 bits per heavy atom. The molecule has 2 rings (SSSR count). The number of benzene rings is 1. The van der Waals surface area contributed by atoms with Gasteiger partial charge in [0, 0.05) is 11.6 Å². The molecule has 0 radical (unpaired) electrons. The van der Waals surface area contributed by atoms with E-state index in [1.807, 2.05) is 30.3 Å². The van der Waals surface area contributed by atoms with Gasteiger partial charge in [-0.15, -0.1) is 0 Å². The highest BCUT2D eigenvalue weighted by Crippen LogP contribution is 2.16. The third-order valence-electron chi connectivity index (χ3n) is 2.93. The van der Waals surface area contributed by atoms with Crippen molar-refractivity contribution in [2.75, 3.05) is 20.3 Å². The third kappa shape index (κ3) is 4.70. The zero-order chi connectivity index (χ0) is 15.1. The lowest BCUT2D eigenvalue weighted by atomic mass is 10.1. The minimum atomic E-state index is -0.438. The molecule has 1 unspecified atom stereocenters. The number of esters is 2. The molecule has 0 amide bonds. The number of rotatable bonds is 6. The Kier molecular flexibility index (Phi) is 5.48. The fourth-order valence-electron chi connectivity index (χ4n) is 1.75. The SMILES string of the molecule is COC(=O)/C=C1\COC1NCC(=O)OCc1ccccc1. The van der Waals surface area contributed by atoms with E-state index in [0.717, 1.165) is 11.1 Å². The average molecular weight is 291 g/mol. The Hall–Kier alpha value is -2.18. The van der Waals surface area contributed by atoms with Gasteiger partial charge >= 0.3 is 11.9 Å². The molecule has 1 saturated heterocycles. The lowest BCUT2D eigenvalue weighted by Gasteiger charge is -2.30. The van der Waals surface area contributed by atoms with Crippen LogP contribution >= 0.6 is 0 Å². The molecule has 1 atom stereocenters. The van der Waals surface area contributed by atoms with Gasteiger partial charge in [0.25, 0.3) is 0 Å². The maximum atomic E-state index is 11.6. The van der Waals surface area contributed by atoms with Gasteiger partial charge in [0.2, 0.25) is 0 Å². The van der Waals surface area contributed by atoms with E-state index < -0.39 is 12.2 Å². The van der Waals surface area contributed by atoms with Crippen molar-refractivity contribution >= 4 is 11.9 Å². The van der Waals surface area contributed by atoms with Crippen LogP contribution in [0.2, 0.25) is 0 Å². The number of methoxy groups -OCH3 is 1. The molecule has 1 aromatic carbocycles. The maximum absolute atomic E-state index is 11.6. The van der Waals surface area contributed by atoms with E-state index >= 15 is 0 Å². The van der Waals surface area contributed by atoms with Crippen LogP contribution < -0.4 is 5.32 Å². The first-order valence-corrected chi connectivity index (χ1v) is 6.52. The maximum Gasteiger partial charge on any atom is 0.330 e. The molecule has 0 aromatic heterocycles. The summed E-state index contributed by atoms with van der Waals surface area (Å²) in [5, 5.41) is 2.86. The number of carbonyl (C=O) groups excluding carboxylic acids is 2. The Morgan fingerprint density at radius 2 is 2.14 bits per heavy atom. The second kappa shape index (κ2) is 7.56. The number of carbonyl (C=O) groups is 2. The molecule has 6 heteroatoms. The molecule has 0 saturated carbocycles. The monoisotopic (exact) mass is 291 g/mol. The van der Waals surface area contributed by atoms with Crippen molar-refractivity contribution in [1.29, 1.82) is 0 Å². The zero-order valence-electron chi connectivity index (χ0n) is 11.7. The van der Waals surface area contributed by atoms with Crippen LogP contribution in [0.4, 0.5) is 0 Å². The smallest absolute Gasteiger partial charge is 0.330 e. The van der Waals surface area contributed by atoms with E-state index in [1.165, 1.54) is 13.2 Å². The van der Waals surface area contributed by atoms with Crippen LogP contribution in [0.5, 0.6) is 0 Å². The van der Waals surface area contributed by atoms with Gasteiger partial charge in [-0.05, 0) is 5.56 Å². The highest BCUT2D eigenvalue weighted by molar-refractivity contribution is 5.83. The molecule has 1 aliphatic heterocycles. The van der Waals surface area contributed by atoms with Crippen molar-refractivity contribution in [3.8, 4) is 0 Å². The molecule has 6 nitrogen and oxygen atoms in total. The van der Waals surface area contributed by atoms with Gasteiger partial charge in [0.1, 0.15) is 12.8 Å². The fourth-order valence-corrected chi connectivity index (χ4v) is 1.75. The lowest BCUT2D eigenvalue weighted by molar-refractivity contribution is -0.145. The standard InChI is InChI=1S/C15H17NO5/c1-19-13(17)7-12-10-21-15(12)16-8-14(18)20-9-11-5-3-2-4-6-11/h2-7,15-16H,8-10H2,1H3/b12-7+. The van der Waals surface area contributed by atoms with Crippen molar-refractivity contribution < 1.29 is 23.8 Å². The Labute approximate surface area is 122 Å². The summed E-state index contributed by atoms with van der Waals surface area (Å²) < 4.78 is 14.9. The van der Waals surface area contributed by atoms with E-state index in [2.05, 4.69) is 10.1 Å². The van der Waals surface area contributed by atoms with Crippen LogP contribution in [-0.2, 0) is 30.4 Å². The predicted molar refractivity (Wildman–Crippen MR) is 74.1 cm³/mol. The quantitative estimate of drug-likeness (QED) is 0.616. The molecule has 0 bridgehead atoms. The van der Waals surface area contributed by atoms with Crippen molar-refractivity contribution in [3.05, 3.63) is 47.5 Å². The van der Waals surface area contributed by atoms with Crippen LogP contribution in [-0.4, -0.2) is 38.4 Å². The van der Waals surface area contributed by atoms with Crippen molar-refractivity contribution in [2.45, 2.75) is 12.8 Å². The van der Waals surface area contributed by atoms with Gasteiger partial charge in [0.05, 0.1) is 20.3 Å². The van der Waals surface area contributed by atoms with E-state index in [4.69, 9.17) is 9.47 Å². The number of hydrogen-bond donors (Lipinski definition) is 1. The molecular weight excluding hydrogens is 274 g/mol. The molecular formula is C15H17NO5. The van der Waals surface area contributed by atoms with Crippen molar-refractivity contribution in [1.82, 2.24) is 5.32 Å². The molecule has 1 aliphatic rings. The van der Waals surface area contributed by atoms with E-state index in [0.29, 0.717) is 6.61 Å². The van der Waals surface area contributed by atoms with Crippen molar-refractivity contribution in [3.63, 3.8) is 0 Å². The van der Waals surface area contributed by atoms with Gasteiger partial charge in [-0.3, -0.25) is 10.1 Å². The van der Waals surface area contributed by atoms with Crippen LogP contribution in [0.15, 0.2) is 42.0 Å². The Balaban J connectivity index is 1.70. The van der Waals surface area contributed by atoms with Crippen LogP contribution in [0.3, 0.4) is 0 Å². The highest BCUT2D eigenvalue weighted by atomic mass is 16.5. The molecule has 1 aromatic rings. The second-order valence-corrected chi connectivity index (χ2v) is 4.46. The second-order valence-electron chi connectivity index (χ2n) is 4.46. The summed E-state index contributed by atoms with van der Waals surface area (Å²) in [6.45, 7) is 0.597. The summed E-state index contributed by atoms with van der Waals surface area (Å²) in [5.74, 6) is -0.821. The summed E-state index contributed by atoms with van der Waals surface area (Å²) in [7, 11) is 1.31. The van der Waals surface area contributed by atoms with Crippen LogP contribution in [0.25, 0.3) is 0 Å². The van der Waals surface area contributed by atoms with Crippen LogP contribution in [0, 0.1) is 0 Å². The van der Waals surface area contributed by atoms with Gasteiger partial charge in [0.15, 0.2) is 0 Å². The Bertz CT molecular complexity index is 526. The predicted octanol–water partition coefficient (Wildman–Crippen LogP) is 0.775. The third-order valence-corrected chi connectivity index (χ3v) is 2.93. The molecule has 1 fully saturated rings. The first kappa shape index (κ1) is 15.2. The van der Waals surface area contributed by atoms with Gasteiger partial charge in [-0.2, -0.15) is 0 Å². The van der Waals surface area contributed by atoms with Gasteiger partial charge < -0.3 is 14.2 Å². The molecule has 1 N–H and O–H groups in total. The van der Waals surface area contributed by atoms with Gasteiger partial charge in [-0.25, -0.2) is 4.79 Å². The molecule has 1 heterocycles. The molecule has 112 valence electrons. The minimum Gasteiger partial charge on any atom is -0.466 e. The number of hydrogen-bond acceptors (Lipinski definition) is 6. The minimum absolute atomic E-state index is 0.00993. The lowest BCUT2D eigenvalue weighted by Crippen LogP contribution is -2.46. The Morgan fingerprint density at radius 1 is 1.38 bits per heavy atom. The number of ether oxygens (including phenoxy) is 3. The molecule has 21 heavy (non-hydrogen) atoms. The zero-order valence-corrected chi connectivity index (χ0v) is 11.7. The first-order chi connectivity index (χ1) is 10.2. The van der Waals surface area contributed by atoms with E-state index in [1.54, 1.807) is 0 Å². The van der Waals surface area contributed by atoms with E-state index in [9.17, 15) is 9.59 Å². The normalized spacial score (nSPS) is 18.9. The van der Waals surface area contributed by atoms with Crippen LogP contribution in [0.1, 0.15) is 5.56 Å². The van der Waals surface area contributed by atoms with Crippen molar-refractivity contribution in [2.24, 2.45) is 0 Å². The topological polar surface area (TPSA) is 73.9 Å². The molecule has 0 spiro atoms. The summed E-state index contributed by atoms with van der Waals surface area (Å²) in [5.41, 5.74) is 1.68. The average Bonchev–Trinajstić information content (AvgIpc) is 2.50. The summed E-state index contributed by atoms with van der Waals surface area (Å²) in [4.78, 5) is 22.7. The fraction of sp³-hybridized carbons (Fsp3) is 0.333. The largest absolute Gasteiger partial charge is 0.466 e. The first-order valence-electron chi connectivity index (χ1n) is 6.52. The summed E-state index contributed by atoms with van der Waals surface area (Å²) in [6.07, 6.45) is 0.921. The van der Waals surface area contributed by atoms with E-state index in [-0.39, 0.29) is 19.1 Å². The summed E-state index contributed by atoms with van der Waals surface area (Å²) >= 11 is 0. The number of nitrogens with one attached hydrogen (secondary N) is 1.